The minimum Gasteiger partial charge on any atom is -0.495 e. The maximum Gasteiger partial charge on any atom is 0.140 e. The first-order valence-electron chi connectivity index (χ1n) is 5.21. The number of nitrogens with one attached hydrogen (secondary N) is 1. The van der Waals surface area contributed by atoms with Gasteiger partial charge < -0.3 is 10.1 Å². The predicted molar refractivity (Wildman–Crippen MR) is 62.7 cm³/mol. The molecule has 3 heteroatoms. The van der Waals surface area contributed by atoms with Crippen LogP contribution in [0, 0.1) is 0 Å². The lowest BCUT2D eigenvalue weighted by molar-refractivity contribution is 0.405. The van der Waals surface area contributed by atoms with Crippen LogP contribution in [-0.4, -0.2) is 19.7 Å². The Morgan fingerprint density at radius 3 is 2.73 bits per heavy atom. The normalized spacial score (nSPS) is 17.5. The Morgan fingerprint density at radius 2 is 2.20 bits per heavy atom. The number of para-hydroxylation sites is 1. The van der Waals surface area contributed by atoms with Gasteiger partial charge in [-0.05, 0) is 37.9 Å². The SMILES string of the molecule is CNC1(Cc2cccc(Cl)c2OC)CC1. The topological polar surface area (TPSA) is 21.3 Å². The Labute approximate surface area is 95.6 Å². The van der Waals surface area contributed by atoms with E-state index in [2.05, 4.69) is 11.4 Å². The van der Waals surface area contributed by atoms with E-state index in [9.17, 15) is 0 Å². The molecule has 2 nitrogen and oxygen atoms in total. The van der Waals surface area contributed by atoms with E-state index in [0.717, 1.165) is 12.2 Å². The van der Waals surface area contributed by atoms with Crippen LogP contribution in [0.4, 0.5) is 0 Å². The van der Waals surface area contributed by atoms with Gasteiger partial charge in [0.05, 0.1) is 12.1 Å². The molecule has 1 fully saturated rings. The summed E-state index contributed by atoms with van der Waals surface area (Å²) < 4.78 is 5.33. The molecule has 0 unspecified atom stereocenters. The van der Waals surface area contributed by atoms with E-state index in [1.54, 1.807) is 7.11 Å². The summed E-state index contributed by atoms with van der Waals surface area (Å²) in [5, 5.41) is 4.07. The molecular weight excluding hydrogens is 210 g/mol. The second-order valence-electron chi connectivity index (χ2n) is 4.14. The highest BCUT2D eigenvalue weighted by atomic mass is 35.5. The molecule has 0 heterocycles. The molecule has 1 aliphatic carbocycles. The molecule has 1 N–H and O–H groups in total. The van der Waals surface area contributed by atoms with Crippen molar-refractivity contribution in [3.8, 4) is 5.75 Å². The van der Waals surface area contributed by atoms with Gasteiger partial charge in [-0.1, -0.05) is 23.7 Å². The van der Waals surface area contributed by atoms with Crippen LogP contribution in [0.5, 0.6) is 5.75 Å². The van der Waals surface area contributed by atoms with Gasteiger partial charge in [-0.25, -0.2) is 0 Å². The van der Waals surface area contributed by atoms with Gasteiger partial charge in [0.15, 0.2) is 0 Å². The fourth-order valence-corrected chi connectivity index (χ4v) is 2.22. The number of benzene rings is 1. The first-order chi connectivity index (χ1) is 7.21. The number of ether oxygens (including phenoxy) is 1. The zero-order valence-corrected chi connectivity index (χ0v) is 9.90. The van der Waals surface area contributed by atoms with E-state index in [1.807, 2.05) is 19.2 Å². The average molecular weight is 226 g/mol. The third-order valence-electron chi connectivity index (χ3n) is 3.17. The minimum atomic E-state index is 0.290. The quantitative estimate of drug-likeness (QED) is 0.851. The van der Waals surface area contributed by atoms with Crippen LogP contribution in [0.25, 0.3) is 0 Å². The van der Waals surface area contributed by atoms with E-state index in [4.69, 9.17) is 16.3 Å². The van der Waals surface area contributed by atoms with Crippen LogP contribution in [-0.2, 0) is 6.42 Å². The van der Waals surface area contributed by atoms with Crippen molar-refractivity contribution in [2.45, 2.75) is 24.8 Å². The minimum absolute atomic E-state index is 0.290. The summed E-state index contributed by atoms with van der Waals surface area (Å²) in [7, 11) is 3.69. The summed E-state index contributed by atoms with van der Waals surface area (Å²) in [4.78, 5) is 0. The largest absolute Gasteiger partial charge is 0.495 e. The second-order valence-corrected chi connectivity index (χ2v) is 4.55. The van der Waals surface area contributed by atoms with Gasteiger partial charge >= 0.3 is 0 Å². The van der Waals surface area contributed by atoms with Gasteiger partial charge in [0.1, 0.15) is 5.75 Å². The molecule has 1 aromatic rings. The van der Waals surface area contributed by atoms with Gasteiger partial charge in [0.2, 0.25) is 0 Å². The molecule has 0 radical (unpaired) electrons. The van der Waals surface area contributed by atoms with E-state index in [1.165, 1.54) is 18.4 Å². The average Bonchev–Trinajstić information content (AvgIpc) is 2.99. The van der Waals surface area contributed by atoms with E-state index in [-0.39, 0.29) is 5.54 Å². The van der Waals surface area contributed by atoms with Crippen LogP contribution >= 0.6 is 11.6 Å². The lowest BCUT2D eigenvalue weighted by atomic mass is 10.0. The Morgan fingerprint density at radius 1 is 1.47 bits per heavy atom. The van der Waals surface area contributed by atoms with Crippen molar-refractivity contribution in [2.24, 2.45) is 0 Å². The van der Waals surface area contributed by atoms with Crippen molar-refractivity contribution in [3.05, 3.63) is 28.8 Å². The van der Waals surface area contributed by atoms with Gasteiger partial charge in [-0.15, -0.1) is 0 Å². The lowest BCUT2D eigenvalue weighted by Gasteiger charge is -2.16. The molecule has 0 spiro atoms. The summed E-state index contributed by atoms with van der Waals surface area (Å²) in [6, 6.07) is 5.93. The molecule has 1 aliphatic rings. The highest BCUT2D eigenvalue weighted by Crippen LogP contribution is 2.41. The smallest absolute Gasteiger partial charge is 0.140 e. The molecule has 82 valence electrons. The zero-order chi connectivity index (χ0) is 10.9. The molecule has 15 heavy (non-hydrogen) atoms. The number of likely N-dealkylation sites (N-methyl/N-ethyl adjacent to an activating group) is 1. The van der Waals surface area contributed by atoms with Crippen LogP contribution in [0.2, 0.25) is 5.02 Å². The van der Waals surface area contributed by atoms with Crippen LogP contribution in [0.15, 0.2) is 18.2 Å². The highest BCUT2D eigenvalue weighted by molar-refractivity contribution is 6.32. The van der Waals surface area contributed by atoms with Crippen molar-refractivity contribution in [2.75, 3.05) is 14.2 Å². The second kappa shape index (κ2) is 4.03. The van der Waals surface area contributed by atoms with Crippen molar-refractivity contribution in [1.82, 2.24) is 5.32 Å². The number of halogens is 1. The molecule has 1 saturated carbocycles. The first kappa shape index (κ1) is 10.8. The molecule has 0 aliphatic heterocycles. The molecule has 0 aromatic heterocycles. The van der Waals surface area contributed by atoms with Crippen molar-refractivity contribution in [3.63, 3.8) is 0 Å². The standard InChI is InChI=1S/C12H16ClNO/c1-14-12(6-7-12)8-9-4-3-5-10(13)11(9)15-2/h3-5,14H,6-8H2,1-2H3. The van der Waals surface area contributed by atoms with Gasteiger partial charge in [-0.3, -0.25) is 0 Å². The molecule has 0 saturated heterocycles. The maximum atomic E-state index is 6.08. The summed E-state index contributed by atoms with van der Waals surface area (Å²) in [6.07, 6.45) is 3.46. The third-order valence-corrected chi connectivity index (χ3v) is 3.46. The Hall–Kier alpha value is -0.730. The maximum absolute atomic E-state index is 6.08. The van der Waals surface area contributed by atoms with Crippen LogP contribution in [0.3, 0.4) is 0 Å². The van der Waals surface area contributed by atoms with E-state index in [0.29, 0.717) is 5.02 Å². The van der Waals surface area contributed by atoms with Crippen molar-refractivity contribution < 1.29 is 4.74 Å². The summed E-state index contributed by atoms with van der Waals surface area (Å²) in [5.74, 6) is 0.820. The number of rotatable bonds is 4. The van der Waals surface area contributed by atoms with Gasteiger partial charge in [0, 0.05) is 5.54 Å². The molecule has 0 atom stereocenters. The highest BCUT2D eigenvalue weighted by Gasteiger charge is 2.41. The Bertz CT molecular complexity index is 361. The summed E-state index contributed by atoms with van der Waals surface area (Å²) in [6.45, 7) is 0. The van der Waals surface area contributed by atoms with Gasteiger partial charge in [0.25, 0.3) is 0 Å². The predicted octanol–water partition coefficient (Wildman–Crippen LogP) is 2.64. The Balaban J connectivity index is 2.24. The number of hydrogen-bond donors (Lipinski definition) is 1. The van der Waals surface area contributed by atoms with Crippen molar-refractivity contribution >= 4 is 11.6 Å². The van der Waals surface area contributed by atoms with Crippen LogP contribution < -0.4 is 10.1 Å². The van der Waals surface area contributed by atoms with Gasteiger partial charge in [-0.2, -0.15) is 0 Å². The monoisotopic (exact) mass is 225 g/mol. The Kier molecular flexibility index (Phi) is 2.89. The molecule has 1 aromatic carbocycles. The molecular formula is C12H16ClNO. The molecule has 0 bridgehead atoms. The van der Waals surface area contributed by atoms with Crippen LogP contribution in [0.1, 0.15) is 18.4 Å². The first-order valence-corrected chi connectivity index (χ1v) is 5.59. The zero-order valence-electron chi connectivity index (χ0n) is 9.14. The number of hydrogen-bond acceptors (Lipinski definition) is 2. The molecule has 2 rings (SSSR count). The summed E-state index contributed by atoms with van der Waals surface area (Å²) >= 11 is 6.08. The summed E-state index contributed by atoms with van der Waals surface area (Å²) in [5.41, 5.74) is 1.48. The third kappa shape index (κ3) is 2.11. The lowest BCUT2D eigenvalue weighted by Crippen LogP contribution is -2.29. The molecule has 0 amide bonds. The number of methoxy groups -OCH3 is 1. The fourth-order valence-electron chi connectivity index (χ4n) is 1.95. The van der Waals surface area contributed by atoms with E-state index >= 15 is 0 Å². The van der Waals surface area contributed by atoms with Crippen molar-refractivity contribution in [1.29, 1.82) is 0 Å². The fraction of sp³-hybridized carbons (Fsp3) is 0.500. The van der Waals surface area contributed by atoms with E-state index < -0.39 is 0 Å².